The van der Waals surface area contributed by atoms with Gasteiger partial charge in [0.15, 0.2) is 0 Å². The zero-order valence-electron chi connectivity index (χ0n) is 8.75. The number of aromatic nitrogens is 2. The van der Waals surface area contributed by atoms with Crippen LogP contribution in [0.1, 0.15) is 17.8 Å². The number of aliphatic carboxylic acids is 1. The van der Waals surface area contributed by atoms with Gasteiger partial charge >= 0.3 is 5.97 Å². The fourth-order valence-electron chi connectivity index (χ4n) is 1.54. The summed E-state index contributed by atoms with van der Waals surface area (Å²) in [6.07, 6.45) is 0.339. The van der Waals surface area contributed by atoms with E-state index in [1.807, 2.05) is 0 Å². The maximum Gasteiger partial charge on any atom is 0.303 e. The summed E-state index contributed by atoms with van der Waals surface area (Å²) in [4.78, 5) is 17.5. The van der Waals surface area contributed by atoms with Gasteiger partial charge in [-0.05, 0) is 18.6 Å². The average Bonchev–Trinajstić information content (AvgIpc) is 2.58. The quantitative estimate of drug-likeness (QED) is 0.835. The van der Waals surface area contributed by atoms with E-state index >= 15 is 0 Å². The van der Waals surface area contributed by atoms with E-state index in [0.29, 0.717) is 23.3 Å². The summed E-state index contributed by atoms with van der Waals surface area (Å²) >= 11 is 0. The first-order valence-corrected chi connectivity index (χ1v) is 4.93. The first-order chi connectivity index (χ1) is 7.56. The lowest BCUT2D eigenvalue weighted by molar-refractivity contribution is -0.137. The summed E-state index contributed by atoms with van der Waals surface area (Å²) in [5, 5.41) is 8.54. The van der Waals surface area contributed by atoms with Crippen molar-refractivity contribution in [2.45, 2.75) is 19.8 Å². The average molecular weight is 222 g/mol. The third-order valence-electron chi connectivity index (χ3n) is 2.39. The van der Waals surface area contributed by atoms with Crippen molar-refractivity contribution in [2.75, 3.05) is 0 Å². The van der Waals surface area contributed by atoms with Gasteiger partial charge in [-0.15, -0.1) is 0 Å². The third kappa shape index (κ3) is 2.03. The molecule has 2 N–H and O–H groups in total. The number of nitrogens with one attached hydrogen (secondary N) is 1. The molecule has 1 aromatic heterocycles. The van der Waals surface area contributed by atoms with E-state index in [0.717, 1.165) is 5.52 Å². The normalized spacial score (nSPS) is 10.9. The number of benzene rings is 1. The largest absolute Gasteiger partial charge is 0.481 e. The van der Waals surface area contributed by atoms with E-state index in [4.69, 9.17) is 5.11 Å². The Morgan fingerprint density at radius 1 is 1.56 bits per heavy atom. The number of hydrogen-bond donors (Lipinski definition) is 2. The SMILES string of the molecule is Cc1cc2[nH]c(CCC(=O)O)nc2cc1F. The maximum absolute atomic E-state index is 13.2. The highest BCUT2D eigenvalue weighted by Gasteiger charge is 2.07. The highest BCUT2D eigenvalue weighted by molar-refractivity contribution is 5.76. The maximum atomic E-state index is 13.2. The van der Waals surface area contributed by atoms with Crippen molar-refractivity contribution in [3.63, 3.8) is 0 Å². The number of imidazole rings is 1. The van der Waals surface area contributed by atoms with E-state index in [1.54, 1.807) is 13.0 Å². The molecule has 0 radical (unpaired) electrons. The van der Waals surface area contributed by atoms with Crippen molar-refractivity contribution in [1.82, 2.24) is 9.97 Å². The predicted molar refractivity (Wildman–Crippen MR) is 56.7 cm³/mol. The molecule has 1 heterocycles. The van der Waals surface area contributed by atoms with E-state index in [1.165, 1.54) is 6.07 Å². The predicted octanol–water partition coefficient (Wildman–Crippen LogP) is 2.03. The second kappa shape index (κ2) is 3.92. The molecule has 0 unspecified atom stereocenters. The van der Waals surface area contributed by atoms with Crippen molar-refractivity contribution < 1.29 is 14.3 Å². The van der Waals surface area contributed by atoms with E-state index in [2.05, 4.69) is 9.97 Å². The standard InChI is InChI=1S/C11H11FN2O2/c1-6-4-8-9(5-7(6)12)14-10(13-8)2-3-11(15)16/h4-5H,2-3H2,1H3,(H,13,14)(H,15,16). The van der Waals surface area contributed by atoms with Gasteiger partial charge < -0.3 is 10.1 Å². The molecule has 0 amide bonds. The van der Waals surface area contributed by atoms with Crippen LogP contribution < -0.4 is 0 Å². The number of aromatic amines is 1. The molecule has 0 spiro atoms. The Hall–Kier alpha value is -1.91. The van der Waals surface area contributed by atoms with Crippen LogP contribution in [0.5, 0.6) is 0 Å². The van der Waals surface area contributed by atoms with E-state index in [-0.39, 0.29) is 12.2 Å². The Morgan fingerprint density at radius 2 is 2.31 bits per heavy atom. The van der Waals surface area contributed by atoms with Gasteiger partial charge in [0, 0.05) is 12.5 Å². The third-order valence-corrected chi connectivity index (χ3v) is 2.39. The summed E-state index contributed by atoms with van der Waals surface area (Å²) in [5.41, 5.74) is 1.81. The Bertz CT molecular complexity index is 509. The molecule has 84 valence electrons. The van der Waals surface area contributed by atoms with Crippen LogP contribution in [-0.2, 0) is 11.2 Å². The van der Waals surface area contributed by atoms with Crippen LogP contribution in [0.25, 0.3) is 11.0 Å². The van der Waals surface area contributed by atoms with Crippen molar-refractivity contribution in [1.29, 1.82) is 0 Å². The molecule has 0 aliphatic heterocycles. The number of hydrogen-bond acceptors (Lipinski definition) is 2. The van der Waals surface area contributed by atoms with Gasteiger partial charge in [0.1, 0.15) is 11.6 Å². The van der Waals surface area contributed by atoms with E-state index in [9.17, 15) is 9.18 Å². The highest BCUT2D eigenvalue weighted by atomic mass is 19.1. The van der Waals surface area contributed by atoms with Gasteiger partial charge in [-0.1, -0.05) is 0 Å². The Morgan fingerprint density at radius 3 is 3.00 bits per heavy atom. The molecule has 0 saturated heterocycles. The molecule has 0 aliphatic carbocycles. The van der Waals surface area contributed by atoms with Gasteiger partial charge in [-0.2, -0.15) is 0 Å². The van der Waals surface area contributed by atoms with Gasteiger partial charge in [0.05, 0.1) is 17.5 Å². The first kappa shape index (κ1) is 10.6. The van der Waals surface area contributed by atoms with Crippen LogP contribution in [0, 0.1) is 12.7 Å². The smallest absolute Gasteiger partial charge is 0.303 e. The molecule has 1 aromatic carbocycles. The topological polar surface area (TPSA) is 66.0 Å². The monoisotopic (exact) mass is 222 g/mol. The Labute approximate surface area is 91.1 Å². The number of nitrogens with zero attached hydrogens (tertiary/aromatic N) is 1. The first-order valence-electron chi connectivity index (χ1n) is 4.93. The number of carbonyl (C=O) groups is 1. The lowest BCUT2D eigenvalue weighted by atomic mass is 10.2. The van der Waals surface area contributed by atoms with Gasteiger partial charge in [0.2, 0.25) is 0 Å². The van der Waals surface area contributed by atoms with Crippen LogP contribution >= 0.6 is 0 Å². The second-order valence-electron chi connectivity index (χ2n) is 3.70. The molecule has 16 heavy (non-hydrogen) atoms. The van der Waals surface area contributed by atoms with Crippen LogP contribution in [0.3, 0.4) is 0 Å². The number of carboxylic acids is 1. The van der Waals surface area contributed by atoms with Crippen molar-refractivity contribution in [2.24, 2.45) is 0 Å². The van der Waals surface area contributed by atoms with Crippen molar-refractivity contribution in [3.05, 3.63) is 29.3 Å². The molecule has 0 atom stereocenters. The molecule has 4 nitrogen and oxygen atoms in total. The molecule has 2 rings (SSSR count). The zero-order valence-corrected chi connectivity index (χ0v) is 8.75. The minimum Gasteiger partial charge on any atom is -0.481 e. The van der Waals surface area contributed by atoms with Crippen LogP contribution in [-0.4, -0.2) is 21.0 Å². The van der Waals surface area contributed by atoms with Crippen molar-refractivity contribution in [3.8, 4) is 0 Å². The molecular formula is C11H11FN2O2. The number of fused-ring (bicyclic) bond motifs is 1. The Kier molecular flexibility index (Phi) is 2.60. The van der Waals surface area contributed by atoms with Gasteiger partial charge in [-0.25, -0.2) is 9.37 Å². The number of rotatable bonds is 3. The van der Waals surface area contributed by atoms with Gasteiger partial charge in [0.25, 0.3) is 0 Å². The number of carboxylic acid groups (broad SMARTS) is 1. The summed E-state index contributed by atoms with van der Waals surface area (Å²) < 4.78 is 13.2. The summed E-state index contributed by atoms with van der Waals surface area (Å²) in [6, 6.07) is 3.02. The Balaban J connectivity index is 2.33. The summed E-state index contributed by atoms with van der Waals surface area (Å²) in [5.74, 6) is -0.603. The fraction of sp³-hybridized carbons (Fsp3) is 0.273. The molecule has 0 fully saturated rings. The number of halogens is 1. The van der Waals surface area contributed by atoms with Crippen LogP contribution in [0.15, 0.2) is 12.1 Å². The summed E-state index contributed by atoms with van der Waals surface area (Å²) in [7, 11) is 0. The number of aryl methyl sites for hydroxylation is 2. The lowest BCUT2D eigenvalue weighted by Crippen LogP contribution is -1.98. The molecular weight excluding hydrogens is 211 g/mol. The van der Waals surface area contributed by atoms with Crippen molar-refractivity contribution >= 4 is 17.0 Å². The summed E-state index contributed by atoms with van der Waals surface area (Å²) in [6.45, 7) is 1.67. The molecule has 0 saturated carbocycles. The molecule has 0 bridgehead atoms. The molecule has 5 heteroatoms. The van der Waals surface area contributed by atoms with Crippen LogP contribution in [0.2, 0.25) is 0 Å². The second-order valence-corrected chi connectivity index (χ2v) is 3.70. The molecule has 2 aromatic rings. The highest BCUT2D eigenvalue weighted by Crippen LogP contribution is 2.17. The van der Waals surface area contributed by atoms with E-state index < -0.39 is 5.97 Å². The van der Waals surface area contributed by atoms with Gasteiger partial charge in [-0.3, -0.25) is 4.79 Å². The minimum absolute atomic E-state index is 0.0152. The minimum atomic E-state index is -0.872. The zero-order chi connectivity index (χ0) is 11.7. The lowest BCUT2D eigenvalue weighted by Gasteiger charge is -1.93. The fourth-order valence-corrected chi connectivity index (χ4v) is 1.54. The van der Waals surface area contributed by atoms with Crippen LogP contribution in [0.4, 0.5) is 4.39 Å². The number of H-pyrrole nitrogens is 1. The molecule has 0 aliphatic rings.